The third-order valence-corrected chi connectivity index (χ3v) is 6.88. The van der Waals surface area contributed by atoms with Gasteiger partial charge < -0.3 is 15.6 Å². The number of aromatic nitrogens is 6. The van der Waals surface area contributed by atoms with E-state index in [2.05, 4.69) is 35.8 Å². The second-order valence-electron chi connectivity index (χ2n) is 9.59. The fourth-order valence-electron chi connectivity index (χ4n) is 4.89. The van der Waals surface area contributed by atoms with Crippen LogP contribution >= 0.6 is 0 Å². The number of benzene rings is 1. The molecule has 1 fully saturated rings. The number of allylic oxidation sites excluding steroid dienone is 2. The van der Waals surface area contributed by atoms with Crippen LogP contribution in [0.1, 0.15) is 42.8 Å². The maximum absolute atomic E-state index is 13.6. The fraction of sp³-hybridized carbons (Fsp3) is 0.138. The van der Waals surface area contributed by atoms with E-state index in [-0.39, 0.29) is 17.8 Å². The van der Waals surface area contributed by atoms with Crippen LogP contribution in [0.15, 0.2) is 72.8 Å². The minimum atomic E-state index is -0.282. The molecule has 0 radical (unpaired) electrons. The molecule has 2 aliphatic rings. The zero-order valence-electron chi connectivity index (χ0n) is 20.9. The van der Waals surface area contributed by atoms with Gasteiger partial charge in [-0.15, -0.1) is 0 Å². The highest BCUT2D eigenvalue weighted by Gasteiger charge is 2.37. The number of rotatable bonds is 6. The largest absolute Gasteiger partial charge is 0.373 e. The molecule has 4 aromatic heterocycles. The minimum absolute atomic E-state index is 0.0445. The lowest BCUT2D eigenvalue weighted by Crippen LogP contribution is -2.10. The minimum Gasteiger partial charge on any atom is -0.373 e. The molecular weight excluding hydrogens is 495 g/mol. The Morgan fingerprint density at radius 1 is 1.05 bits per heavy atom. The van der Waals surface area contributed by atoms with Crippen LogP contribution in [0.3, 0.4) is 0 Å². The van der Waals surface area contributed by atoms with Gasteiger partial charge in [-0.3, -0.25) is 14.9 Å². The average Bonchev–Trinajstić information content (AvgIpc) is 3.43. The Hall–Kier alpha value is -5.12. The summed E-state index contributed by atoms with van der Waals surface area (Å²) in [6, 6.07) is 10.3. The number of imidazole rings is 1. The van der Waals surface area contributed by atoms with Gasteiger partial charge in [-0.05, 0) is 42.3 Å². The Labute approximate surface area is 222 Å². The van der Waals surface area contributed by atoms with E-state index >= 15 is 0 Å². The van der Waals surface area contributed by atoms with E-state index in [0.29, 0.717) is 29.3 Å². The standard InChI is InChI=1S/C29H23FN8O/c1-2-3-23(39)33-19-10-16(12-31-14-19)17-11-21-25(37-38-28(21)32-13-17)29-35-24-20(15-4-6-18(30)7-5-15)8-9-22-26(34-22)27(24)36-29/h4-14,26,34H,2-3H2,1H3,(H,33,39)(H,35,36)(H,32,37,38). The molecule has 4 N–H and O–H groups in total. The van der Waals surface area contributed by atoms with Crippen molar-refractivity contribution in [1.82, 2.24) is 35.5 Å². The summed E-state index contributed by atoms with van der Waals surface area (Å²) < 4.78 is 13.6. The lowest BCUT2D eigenvalue weighted by Gasteiger charge is -2.07. The zero-order valence-corrected chi connectivity index (χ0v) is 20.9. The first kappa shape index (κ1) is 23.0. The van der Waals surface area contributed by atoms with Gasteiger partial charge in [0.1, 0.15) is 17.6 Å². The number of fused-ring (bicyclic) bond motifs is 4. The van der Waals surface area contributed by atoms with Crippen LogP contribution in [0.5, 0.6) is 0 Å². The summed E-state index contributed by atoms with van der Waals surface area (Å²) in [5.41, 5.74) is 8.17. The second kappa shape index (κ2) is 9.02. The molecule has 1 aliphatic heterocycles. The average molecular weight is 519 g/mol. The number of anilines is 1. The van der Waals surface area contributed by atoms with E-state index in [4.69, 9.17) is 4.98 Å². The summed E-state index contributed by atoms with van der Waals surface area (Å²) in [4.78, 5) is 29.4. The van der Waals surface area contributed by atoms with Gasteiger partial charge in [0.25, 0.3) is 0 Å². The second-order valence-corrected chi connectivity index (χ2v) is 9.59. The quantitative estimate of drug-likeness (QED) is 0.227. The van der Waals surface area contributed by atoms with E-state index in [1.165, 1.54) is 12.1 Å². The third kappa shape index (κ3) is 4.15. The van der Waals surface area contributed by atoms with Crippen LogP contribution < -0.4 is 10.6 Å². The SMILES string of the molecule is CCCC(=O)Nc1cncc(-c2cnc3n[nH]c(-c4nc5c([nH]4)C4NC4=CC=C5c4ccc(F)cc4)c3c2)c1. The molecule has 5 heterocycles. The molecule has 7 rings (SSSR count). The predicted octanol–water partition coefficient (Wildman–Crippen LogP) is 5.26. The number of carbonyl (C=O) groups excluding carboxylic acids is 1. The molecule has 0 bridgehead atoms. The lowest BCUT2D eigenvalue weighted by molar-refractivity contribution is -0.116. The van der Waals surface area contributed by atoms with Crippen LogP contribution in [0, 0.1) is 5.82 Å². The number of H-pyrrole nitrogens is 2. The van der Waals surface area contributed by atoms with E-state index in [1.807, 2.05) is 31.2 Å². The van der Waals surface area contributed by atoms with Crippen molar-refractivity contribution in [3.63, 3.8) is 0 Å². The predicted molar refractivity (Wildman–Crippen MR) is 146 cm³/mol. The molecule has 1 amide bonds. The summed E-state index contributed by atoms with van der Waals surface area (Å²) in [6.07, 6.45) is 10.4. The number of hydrogen-bond acceptors (Lipinski definition) is 6. The molecule has 1 aromatic carbocycles. The number of pyridine rings is 2. The summed E-state index contributed by atoms with van der Waals surface area (Å²) in [6.45, 7) is 1.96. The van der Waals surface area contributed by atoms with E-state index in [0.717, 1.165) is 51.2 Å². The lowest BCUT2D eigenvalue weighted by atomic mass is 10.0. The number of nitrogens with zero attached hydrogens (tertiary/aromatic N) is 4. The monoisotopic (exact) mass is 518 g/mol. The first-order valence-corrected chi connectivity index (χ1v) is 12.7. The van der Waals surface area contributed by atoms with Gasteiger partial charge in [0.15, 0.2) is 11.5 Å². The Bertz CT molecular complexity index is 1810. The van der Waals surface area contributed by atoms with Crippen molar-refractivity contribution in [2.45, 2.75) is 25.8 Å². The van der Waals surface area contributed by atoms with Crippen LogP contribution in [-0.4, -0.2) is 36.0 Å². The van der Waals surface area contributed by atoms with Crippen molar-refractivity contribution in [1.29, 1.82) is 0 Å². The Balaban J connectivity index is 1.27. The summed E-state index contributed by atoms with van der Waals surface area (Å²) in [5, 5.41) is 14.5. The summed E-state index contributed by atoms with van der Waals surface area (Å²) >= 11 is 0. The Kier molecular flexibility index (Phi) is 5.32. The van der Waals surface area contributed by atoms with E-state index in [1.54, 1.807) is 30.7 Å². The number of hydrogen-bond donors (Lipinski definition) is 4. The van der Waals surface area contributed by atoms with Gasteiger partial charge in [-0.1, -0.05) is 25.1 Å². The first-order chi connectivity index (χ1) is 19.1. The van der Waals surface area contributed by atoms with Crippen molar-refractivity contribution in [2.75, 3.05) is 5.32 Å². The maximum Gasteiger partial charge on any atom is 0.224 e. The molecule has 0 saturated carbocycles. The smallest absolute Gasteiger partial charge is 0.224 e. The fourth-order valence-corrected chi connectivity index (χ4v) is 4.89. The maximum atomic E-state index is 13.6. The molecule has 9 nitrogen and oxygen atoms in total. The highest BCUT2D eigenvalue weighted by atomic mass is 19.1. The molecule has 39 heavy (non-hydrogen) atoms. The topological polar surface area (TPSA) is 134 Å². The first-order valence-electron chi connectivity index (χ1n) is 12.7. The number of carbonyl (C=O) groups is 1. The van der Waals surface area contributed by atoms with Crippen molar-refractivity contribution in [3.8, 4) is 22.6 Å². The number of nitrogens with one attached hydrogen (secondary N) is 4. The van der Waals surface area contributed by atoms with E-state index < -0.39 is 0 Å². The molecule has 5 aromatic rings. The Morgan fingerprint density at radius 2 is 1.90 bits per heavy atom. The number of amides is 1. The van der Waals surface area contributed by atoms with Crippen LogP contribution in [-0.2, 0) is 4.79 Å². The summed E-state index contributed by atoms with van der Waals surface area (Å²) in [5.74, 6) is 0.301. The van der Waals surface area contributed by atoms with Gasteiger partial charge >= 0.3 is 0 Å². The highest BCUT2D eigenvalue weighted by Crippen LogP contribution is 2.42. The van der Waals surface area contributed by atoms with Crippen LogP contribution in [0.4, 0.5) is 10.1 Å². The molecule has 1 aliphatic carbocycles. The van der Waals surface area contributed by atoms with Gasteiger partial charge in [0, 0.05) is 41.2 Å². The molecule has 1 saturated heterocycles. The molecule has 1 atom stereocenters. The van der Waals surface area contributed by atoms with Crippen LogP contribution in [0.25, 0.3) is 39.3 Å². The van der Waals surface area contributed by atoms with E-state index in [9.17, 15) is 9.18 Å². The van der Waals surface area contributed by atoms with Crippen LogP contribution in [0.2, 0.25) is 0 Å². The van der Waals surface area contributed by atoms with Gasteiger partial charge in [0.2, 0.25) is 5.91 Å². The molecular formula is C29H23FN8O. The number of aromatic amines is 2. The summed E-state index contributed by atoms with van der Waals surface area (Å²) in [7, 11) is 0. The Morgan fingerprint density at radius 3 is 2.74 bits per heavy atom. The van der Waals surface area contributed by atoms with Crippen molar-refractivity contribution < 1.29 is 9.18 Å². The third-order valence-electron chi connectivity index (χ3n) is 6.88. The molecule has 0 spiro atoms. The van der Waals surface area contributed by atoms with Gasteiger partial charge in [-0.25, -0.2) is 14.4 Å². The zero-order chi connectivity index (χ0) is 26.5. The van der Waals surface area contributed by atoms with Crippen molar-refractivity contribution in [2.24, 2.45) is 0 Å². The normalized spacial score (nSPS) is 15.5. The van der Waals surface area contributed by atoms with Crippen molar-refractivity contribution >= 4 is 28.2 Å². The molecule has 10 heteroatoms. The number of halogens is 1. The van der Waals surface area contributed by atoms with Gasteiger partial charge in [0.05, 0.1) is 28.7 Å². The van der Waals surface area contributed by atoms with Gasteiger partial charge in [-0.2, -0.15) is 5.10 Å². The molecule has 1 unspecified atom stereocenters. The highest BCUT2D eigenvalue weighted by molar-refractivity contribution is 5.94. The molecule has 192 valence electrons. The van der Waals surface area contributed by atoms with Crippen molar-refractivity contribution in [3.05, 3.63) is 95.6 Å².